The van der Waals surface area contributed by atoms with Crippen molar-refractivity contribution in [2.75, 3.05) is 11.9 Å². The molecule has 0 saturated heterocycles. The number of alkyl halides is 4. The van der Waals surface area contributed by atoms with E-state index in [-0.39, 0.29) is 17.7 Å². The maximum atomic E-state index is 12.4. The molecule has 9 heteroatoms. The Morgan fingerprint density at radius 2 is 2.11 bits per heavy atom. The molecule has 0 spiro atoms. The van der Waals surface area contributed by atoms with Crippen LogP contribution in [0.4, 0.5) is 18.9 Å². The number of aliphatic hydroxyl groups excluding tert-OH is 1. The van der Waals surface area contributed by atoms with Crippen molar-refractivity contribution in [3.05, 3.63) is 33.9 Å². The van der Waals surface area contributed by atoms with Crippen molar-refractivity contribution >= 4 is 21.6 Å². The lowest BCUT2D eigenvalue weighted by Crippen LogP contribution is -2.19. The van der Waals surface area contributed by atoms with E-state index in [1.54, 1.807) is 0 Å². The fraction of sp³-hybridized carbons (Fsp3) is 0.400. The van der Waals surface area contributed by atoms with Gasteiger partial charge in [-0.25, -0.2) is 0 Å². The number of hydrogen-bond donors (Lipinski definition) is 1. The third-order valence-corrected chi connectivity index (χ3v) is 2.84. The van der Waals surface area contributed by atoms with Crippen molar-refractivity contribution in [3.63, 3.8) is 0 Å². The highest BCUT2D eigenvalue weighted by atomic mass is 79.9. The van der Waals surface area contributed by atoms with E-state index in [2.05, 4.69) is 15.9 Å². The zero-order valence-corrected chi connectivity index (χ0v) is 10.9. The van der Waals surface area contributed by atoms with Crippen LogP contribution in [0.1, 0.15) is 5.56 Å². The van der Waals surface area contributed by atoms with Gasteiger partial charge in [0.2, 0.25) is 0 Å². The molecule has 19 heavy (non-hydrogen) atoms. The minimum atomic E-state index is -4.67. The molecule has 0 aromatic heterocycles. The van der Waals surface area contributed by atoms with E-state index >= 15 is 0 Å². The van der Waals surface area contributed by atoms with Crippen LogP contribution >= 0.6 is 15.9 Å². The maximum absolute atomic E-state index is 12.4. The molecule has 0 heterocycles. The minimum Gasteiger partial charge on any atom is -0.484 e. The zero-order chi connectivity index (χ0) is 14.6. The van der Waals surface area contributed by atoms with Crippen molar-refractivity contribution < 1.29 is 27.9 Å². The number of benzene rings is 1. The van der Waals surface area contributed by atoms with E-state index in [9.17, 15) is 28.4 Å². The third-order valence-electron chi connectivity index (χ3n) is 2.09. The number of aliphatic hydroxyl groups is 1. The van der Waals surface area contributed by atoms with Crippen LogP contribution in [-0.2, 0) is 6.18 Å². The van der Waals surface area contributed by atoms with Crippen molar-refractivity contribution in [1.82, 2.24) is 0 Å². The Kier molecular flexibility index (Phi) is 5.12. The smallest absolute Gasteiger partial charge is 0.416 e. The average molecular weight is 344 g/mol. The van der Waals surface area contributed by atoms with Gasteiger partial charge in [-0.2, -0.15) is 13.2 Å². The first kappa shape index (κ1) is 15.7. The van der Waals surface area contributed by atoms with Gasteiger partial charge >= 0.3 is 11.9 Å². The Balaban J connectivity index is 3.02. The van der Waals surface area contributed by atoms with Crippen LogP contribution in [0, 0.1) is 10.1 Å². The summed E-state index contributed by atoms with van der Waals surface area (Å²) in [6.07, 6.45) is -5.58. The molecule has 0 fully saturated rings. The predicted octanol–water partition coefficient (Wildman–Crippen LogP) is 2.75. The number of nitro benzene ring substituents is 1. The van der Waals surface area contributed by atoms with Gasteiger partial charge in [0.25, 0.3) is 0 Å². The number of nitro groups is 1. The van der Waals surface area contributed by atoms with Gasteiger partial charge in [0.05, 0.1) is 16.6 Å². The van der Waals surface area contributed by atoms with Crippen LogP contribution in [-0.4, -0.2) is 28.1 Å². The molecular formula is C10H9BrF3NO4. The first-order valence-corrected chi connectivity index (χ1v) is 6.10. The van der Waals surface area contributed by atoms with Crippen LogP contribution in [0.5, 0.6) is 5.75 Å². The molecule has 106 valence electrons. The van der Waals surface area contributed by atoms with Crippen molar-refractivity contribution in [1.29, 1.82) is 0 Å². The van der Waals surface area contributed by atoms with Crippen molar-refractivity contribution in [2.45, 2.75) is 12.3 Å². The molecule has 1 N–H and O–H groups in total. The average Bonchev–Trinajstić information content (AvgIpc) is 2.34. The lowest BCUT2D eigenvalue weighted by molar-refractivity contribution is -0.386. The van der Waals surface area contributed by atoms with Gasteiger partial charge in [0, 0.05) is 11.4 Å². The molecule has 0 amide bonds. The normalized spacial score (nSPS) is 13.1. The van der Waals surface area contributed by atoms with Crippen LogP contribution in [0.25, 0.3) is 0 Å². The standard InChI is InChI=1S/C10H9BrF3NO4/c11-4-7(16)5-19-9-2-1-6(10(12,13)14)3-8(9)15(17)18/h1-3,7,16H,4-5H2. The summed E-state index contributed by atoms with van der Waals surface area (Å²) >= 11 is 2.96. The van der Waals surface area contributed by atoms with Crippen LogP contribution in [0.15, 0.2) is 18.2 Å². The van der Waals surface area contributed by atoms with Gasteiger partial charge in [-0.15, -0.1) is 0 Å². The Hall–Kier alpha value is -1.35. The molecule has 0 saturated carbocycles. The number of nitrogens with zero attached hydrogens (tertiary/aromatic N) is 1. The largest absolute Gasteiger partial charge is 0.484 e. The molecule has 1 rings (SSSR count). The first-order valence-electron chi connectivity index (χ1n) is 4.98. The van der Waals surface area contributed by atoms with E-state index < -0.39 is 28.5 Å². The summed E-state index contributed by atoms with van der Waals surface area (Å²) < 4.78 is 42.2. The molecular weight excluding hydrogens is 335 g/mol. The van der Waals surface area contributed by atoms with Crippen LogP contribution < -0.4 is 4.74 Å². The molecule has 1 aromatic rings. The lowest BCUT2D eigenvalue weighted by Gasteiger charge is -2.11. The fourth-order valence-electron chi connectivity index (χ4n) is 1.19. The van der Waals surface area contributed by atoms with E-state index in [1.165, 1.54) is 0 Å². The molecule has 0 aliphatic carbocycles. The third kappa shape index (κ3) is 4.35. The summed E-state index contributed by atoms with van der Waals surface area (Å²) in [6.45, 7) is -0.266. The summed E-state index contributed by atoms with van der Waals surface area (Å²) in [7, 11) is 0. The predicted molar refractivity (Wildman–Crippen MR) is 63.4 cm³/mol. The Morgan fingerprint density at radius 3 is 2.58 bits per heavy atom. The fourth-order valence-corrected chi connectivity index (χ4v) is 1.38. The molecule has 0 aliphatic heterocycles. The Bertz CT molecular complexity index is 467. The highest BCUT2D eigenvalue weighted by Gasteiger charge is 2.33. The van der Waals surface area contributed by atoms with Gasteiger partial charge in [-0.1, -0.05) is 15.9 Å². The molecule has 1 atom stereocenters. The number of halogens is 4. The van der Waals surface area contributed by atoms with Crippen LogP contribution in [0.3, 0.4) is 0 Å². The van der Waals surface area contributed by atoms with Gasteiger partial charge < -0.3 is 9.84 Å². The highest BCUT2D eigenvalue weighted by molar-refractivity contribution is 9.09. The topological polar surface area (TPSA) is 72.6 Å². The summed E-state index contributed by atoms with van der Waals surface area (Å²) in [5, 5.41) is 20.1. The molecule has 1 unspecified atom stereocenters. The number of ether oxygens (including phenoxy) is 1. The van der Waals surface area contributed by atoms with E-state index in [4.69, 9.17) is 4.74 Å². The van der Waals surface area contributed by atoms with E-state index in [0.29, 0.717) is 12.1 Å². The Morgan fingerprint density at radius 1 is 1.47 bits per heavy atom. The number of hydrogen-bond acceptors (Lipinski definition) is 4. The van der Waals surface area contributed by atoms with E-state index in [0.717, 1.165) is 6.07 Å². The summed E-state index contributed by atoms with van der Waals surface area (Å²) in [6, 6.07) is 1.95. The second-order valence-corrected chi connectivity index (χ2v) is 4.20. The highest BCUT2D eigenvalue weighted by Crippen LogP contribution is 2.36. The molecule has 0 radical (unpaired) electrons. The summed E-state index contributed by atoms with van der Waals surface area (Å²) in [5.41, 5.74) is -1.93. The second-order valence-electron chi connectivity index (χ2n) is 3.56. The van der Waals surface area contributed by atoms with Gasteiger partial charge in [0.15, 0.2) is 5.75 Å². The number of rotatable bonds is 5. The lowest BCUT2D eigenvalue weighted by atomic mass is 10.2. The zero-order valence-electron chi connectivity index (χ0n) is 9.35. The second kappa shape index (κ2) is 6.20. The minimum absolute atomic E-state index is 0.182. The first-order chi connectivity index (χ1) is 8.75. The molecule has 1 aromatic carbocycles. The van der Waals surface area contributed by atoms with Crippen molar-refractivity contribution in [2.24, 2.45) is 0 Å². The van der Waals surface area contributed by atoms with Gasteiger partial charge in [-0.05, 0) is 12.1 Å². The summed E-state index contributed by atoms with van der Waals surface area (Å²) in [5.74, 6) is -0.321. The maximum Gasteiger partial charge on any atom is 0.416 e. The van der Waals surface area contributed by atoms with Gasteiger partial charge in [0.1, 0.15) is 6.61 Å². The quantitative estimate of drug-likeness (QED) is 0.507. The summed E-state index contributed by atoms with van der Waals surface area (Å²) in [4.78, 5) is 9.73. The van der Waals surface area contributed by atoms with Crippen molar-refractivity contribution in [3.8, 4) is 5.75 Å². The van der Waals surface area contributed by atoms with E-state index in [1.807, 2.05) is 0 Å². The SMILES string of the molecule is O=[N+]([O-])c1cc(C(F)(F)F)ccc1OCC(O)CBr. The van der Waals surface area contributed by atoms with Crippen LogP contribution in [0.2, 0.25) is 0 Å². The molecule has 0 aliphatic rings. The Labute approximate surface area is 114 Å². The van der Waals surface area contributed by atoms with Gasteiger partial charge in [-0.3, -0.25) is 10.1 Å². The monoisotopic (exact) mass is 343 g/mol. The molecule has 0 bridgehead atoms. The molecule has 5 nitrogen and oxygen atoms in total.